The maximum atomic E-state index is 13.0. The van der Waals surface area contributed by atoms with E-state index in [-0.39, 0.29) is 0 Å². The molecule has 112 valence electrons. The highest BCUT2D eigenvalue weighted by Crippen LogP contribution is 2.32. The number of benzene rings is 2. The lowest BCUT2D eigenvalue weighted by molar-refractivity contribution is 0.228. The van der Waals surface area contributed by atoms with Gasteiger partial charge in [-0.3, -0.25) is 0 Å². The number of piperazine rings is 1. The number of rotatable bonds is 3. The number of hydrogen-bond acceptors (Lipinski definition) is 3. The van der Waals surface area contributed by atoms with Gasteiger partial charge in [-0.05, 0) is 18.5 Å². The fourth-order valence-electron chi connectivity index (χ4n) is 2.65. The third-order valence-electron chi connectivity index (χ3n) is 3.93. The van der Waals surface area contributed by atoms with Crippen molar-refractivity contribution < 1.29 is 8.95 Å². The highest BCUT2D eigenvalue weighted by molar-refractivity contribution is 7.83. The van der Waals surface area contributed by atoms with Crippen molar-refractivity contribution in [2.45, 2.75) is 4.90 Å². The first-order valence-corrected chi connectivity index (χ1v) is 8.22. The van der Waals surface area contributed by atoms with Crippen molar-refractivity contribution in [3.63, 3.8) is 0 Å². The first-order chi connectivity index (χ1) is 10.2. The Labute approximate surface area is 127 Å². The lowest BCUT2D eigenvalue weighted by atomic mass is 10.1. The van der Waals surface area contributed by atoms with Gasteiger partial charge in [0.1, 0.15) is 21.6 Å². The highest BCUT2D eigenvalue weighted by Gasteiger charge is 2.24. The molecular weight excluding hydrogens is 284 g/mol. The molecule has 0 aliphatic carbocycles. The predicted octanol–water partition coefficient (Wildman–Crippen LogP) is 2.12. The number of fused-ring (bicyclic) bond motifs is 1. The lowest BCUT2D eigenvalue weighted by Crippen LogP contribution is -2.45. The van der Waals surface area contributed by atoms with E-state index in [0.29, 0.717) is 5.75 Å². The van der Waals surface area contributed by atoms with Crippen molar-refractivity contribution in [3.05, 3.63) is 36.4 Å². The number of hydrogen-bond donors (Lipinski definition) is 0. The second-order valence-corrected chi connectivity index (χ2v) is 6.72. The van der Waals surface area contributed by atoms with Crippen molar-refractivity contribution in [1.82, 2.24) is 9.21 Å². The number of ether oxygens (including phenoxy) is 1. The summed E-state index contributed by atoms with van der Waals surface area (Å²) in [6.45, 7) is 3.52. The number of methoxy groups -OCH3 is 1. The van der Waals surface area contributed by atoms with E-state index in [1.165, 1.54) is 0 Å². The maximum Gasteiger partial charge on any atom is 0.137 e. The molecule has 2 aromatic rings. The van der Waals surface area contributed by atoms with Crippen molar-refractivity contribution >= 4 is 21.8 Å². The molecule has 21 heavy (non-hydrogen) atoms. The van der Waals surface area contributed by atoms with E-state index < -0.39 is 11.0 Å². The van der Waals surface area contributed by atoms with Gasteiger partial charge in [0.15, 0.2) is 0 Å². The Bertz CT molecular complexity index is 666. The summed E-state index contributed by atoms with van der Waals surface area (Å²) in [6.07, 6.45) is 0. The van der Waals surface area contributed by atoms with E-state index in [2.05, 4.69) is 11.9 Å². The average Bonchev–Trinajstić information content (AvgIpc) is 2.53. The zero-order valence-electron chi connectivity index (χ0n) is 12.4. The summed E-state index contributed by atoms with van der Waals surface area (Å²) >= 11 is 0. The molecule has 1 unspecified atom stereocenters. The molecule has 1 saturated heterocycles. The fourth-order valence-corrected chi connectivity index (χ4v) is 4.10. The quantitative estimate of drug-likeness (QED) is 0.871. The van der Waals surface area contributed by atoms with Gasteiger partial charge in [0, 0.05) is 31.6 Å². The molecule has 3 rings (SSSR count). The van der Waals surface area contributed by atoms with E-state index in [1.807, 2.05) is 40.7 Å². The zero-order valence-corrected chi connectivity index (χ0v) is 13.2. The number of nitrogens with zero attached hydrogens (tertiary/aromatic N) is 2. The van der Waals surface area contributed by atoms with Crippen LogP contribution < -0.4 is 4.74 Å². The Morgan fingerprint density at radius 2 is 1.76 bits per heavy atom. The van der Waals surface area contributed by atoms with Crippen LogP contribution in [0.5, 0.6) is 5.75 Å². The minimum atomic E-state index is -1.19. The summed E-state index contributed by atoms with van der Waals surface area (Å²) < 4.78 is 20.5. The standard InChI is InChI=1S/C16H20N2O2S/c1-17-9-11-18(12-10-17)21(19)16-14-6-4-3-5-13(14)7-8-15(16)20-2/h3-8H,9-12H2,1-2H3. The largest absolute Gasteiger partial charge is 0.495 e. The lowest BCUT2D eigenvalue weighted by Gasteiger charge is -2.31. The Kier molecular flexibility index (Phi) is 4.24. The SMILES string of the molecule is COc1ccc2ccccc2c1S(=O)N1CCN(C)CC1. The molecule has 1 heterocycles. The van der Waals surface area contributed by atoms with Gasteiger partial charge < -0.3 is 9.64 Å². The first kappa shape index (κ1) is 14.5. The Hall–Kier alpha value is -1.43. The van der Waals surface area contributed by atoms with E-state index in [9.17, 15) is 4.21 Å². The van der Waals surface area contributed by atoms with Crippen LogP contribution in [-0.4, -0.2) is 53.8 Å². The summed E-state index contributed by atoms with van der Waals surface area (Å²) in [5.41, 5.74) is 0. The number of likely N-dealkylation sites (N-methyl/N-ethyl adjacent to an activating group) is 1. The molecule has 1 fully saturated rings. The van der Waals surface area contributed by atoms with Gasteiger partial charge in [0.25, 0.3) is 0 Å². The van der Waals surface area contributed by atoms with Gasteiger partial charge >= 0.3 is 0 Å². The van der Waals surface area contributed by atoms with Crippen LogP contribution in [0, 0.1) is 0 Å². The van der Waals surface area contributed by atoms with E-state index in [4.69, 9.17) is 4.74 Å². The molecule has 1 aliphatic heterocycles. The molecule has 0 amide bonds. The Morgan fingerprint density at radius 3 is 2.48 bits per heavy atom. The second kappa shape index (κ2) is 6.13. The second-order valence-electron chi connectivity index (χ2n) is 5.30. The van der Waals surface area contributed by atoms with Crippen molar-refractivity contribution in [2.75, 3.05) is 40.3 Å². The summed E-state index contributed by atoms with van der Waals surface area (Å²) in [5.74, 6) is 0.700. The molecule has 1 aliphatic rings. The van der Waals surface area contributed by atoms with Gasteiger partial charge in [0.05, 0.1) is 7.11 Å². The van der Waals surface area contributed by atoms with Crippen molar-refractivity contribution in [1.29, 1.82) is 0 Å². The molecule has 5 heteroatoms. The van der Waals surface area contributed by atoms with Gasteiger partial charge in [-0.25, -0.2) is 8.51 Å². The van der Waals surface area contributed by atoms with Gasteiger partial charge in [-0.1, -0.05) is 30.3 Å². The monoisotopic (exact) mass is 304 g/mol. The topological polar surface area (TPSA) is 32.8 Å². The van der Waals surface area contributed by atoms with Crippen LogP contribution in [0.3, 0.4) is 0 Å². The predicted molar refractivity (Wildman–Crippen MR) is 86.0 cm³/mol. The molecule has 2 aromatic carbocycles. The Balaban J connectivity index is 2.03. The molecule has 0 spiro atoms. The molecule has 0 saturated carbocycles. The normalized spacial score (nSPS) is 18.8. The molecule has 0 N–H and O–H groups in total. The summed E-state index contributed by atoms with van der Waals surface area (Å²) in [5, 5.41) is 2.10. The van der Waals surface area contributed by atoms with Crippen LogP contribution in [0.4, 0.5) is 0 Å². The average molecular weight is 304 g/mol. The third-order valence-corrected chi connectivity index (χ3v) is 5.54. The van der Waals surface area contributed by atoms with Crippen LogP contribution in [0.15, 0.2) is 41.3 Å². The van der Waals surface area contributed by atoms with Crippen LogP contribution in [0.25, 0.3) is 10.8 Å². The van der Waals surface area contributed by atoms with Crippen molar-refractivity contribution in [2.24, 2.45) is 0 Å². The van der Waals surface area contributed by atoms with Gasteiger partial charge in [-0.2, -0.15) is 0 Å². The minimum Gasteiger partial charge on any atom is -0.495 e. The Morgan fingerprint density at radius 1 is 1.05 bits per heavy atom. The van der Waals surface area contributed by atoms with Crippen LogP contribution in [0.1, 0.15) is 0 Å². The molecule has 0 bridgehead atoms. The summed E-state index contributed by atoms with van der Waals surface area (Å²) in [7, 11) is 2.54. The zero-order chi connectivity index (χ0) is 14.8. The molecule has 1 atom stereocenters. The van der Waals surface area contributed by atoms with E-state index in [0.717, 1.165) is 41.8 Å². The molecular formula is C16H20N2O2S. The van der Waals surface area contributed by atoms with Gasteiger partial charge in [0.2, 0.25) is 0 Å². The summed E-state index contributed by atoms with van der Waals surface area (Å²) in [6, 6.07) is 12.0. The molecule has 4 nitrogen and oxygen atoms in total. The fraction of sp³-hybridized carbons (Fsp3) is 0.375. The highest BCUT2D eigenvalue weighted by atomic mass is 32.2. The summed E-state index contributed by atoms with van der Waals surface area (Å²) in [4.78, 5) is 3.05. The van der Waals surface area contributed by atoms with Crippen LogP contribution >= 0.6 is 0 Å². The van der Waals surface area contributed by atoms with E-state index >= 15 is 0 Å². The molecule has 0 radical (unpaired) electrons. The molecule has 0 aromatic heterocycles. The van der Waals surface area contributed by atoms with Crippen LogP contribution in [-0.2, 0) is 11.0 Å². The van der Waals surface area contributed by atoms with Crippen LogP contribution in [0.2, 0.25) is 0 Å². The maximum absolute atomic E-state index is 13.0. The smallest absolute Gasteiger partial charge is 0.137 e. The third kappa shape index (κ3) is 2.81. The van der Waals surface area contributed by atoms with Crippen molar-refractivity contribution in [3.8, 4) is 5.75 Å². The van der Waals surface area contributed by atoms with Gasteiger partial charge in [-0.15, -0.1) is 0 Å². The first-order valence-electron chi connectivity index (χ1n) is 7.12. The van der Waals surface area contributed by atoms with E-state index in [1.54, 1.807) is 7.11 Å². The minimum absolute atomic E-state index is 0.700.